The maximum absolute atomic E-state index is 11.8. The molecule has 1 atom stereocenters. The van der Waals surface area contributed by atoms with Gasteiger partial charge in [-0.1, -0.05) is 13.8 Å². The van der Waals surface area contributed by atoms with Crippen molar-refractivity contribution in [1.82, 2.24) is 5.32 Å². The molecule has 0 aromatic carbocycles. The van der Waals surface area contributed by atoms with Crippen molar-refractivity contribution >= 4 is 11.9 Å². The van der Waals surface area contributed by atoms with Crippen LogP contribution < -0.4 is 5.32 Å². The van der Waals surface area contributed by atoms with E-state index < -0.39 is 24.3 Å². The predicted molar refractivity (Wildman–Crippen MR) is 45.0 cm³/mol. The first-order valence-electron chi connectivity index (χ1n) is 4.15. The Bertz CT molecular complexity index is 219. The topological polar surface area (TPSA) is 66.4 Å². The smallest absolute Gasteiger partial charge is 0.315 e. The molecule has 0 aromatic heterocycles. The van der Waals surface area contributed by atoms with Crippen molar-refractivity contribution in [3.05, 3.63) is 0 Å². The highest BCUT2D eigenvalue weighted by Gasteiger charge is 2.23. The van der Waals surface area contributed by atoms with E-state index in [4.69, 9.17) is 5.11 Å². The first kappa shape index (κ1) is 12.8. The zero-order valence-electron chi connectivity index (χ0n) is 7.96. The molecule has 14 heavy (non-hydrogen) atoms. The van der Waals surface area contributed by atoms with E-state index in [0.29, 0.717) is 0 Å². The van der Waals surface area contributed by atoms with Crippen LogP contribution in [0.1, 0.15) is 20.3 Å². The van der Waals surface area contributed by atoms with E-state index >= 15 is 0 Å². The number of rotatable bonds is 5. The van der Waals surface area contributed by atoms with Gasteiger partial charge in [0.15, 0.2) is 0 Å². The van der Waals surface area contributed by atoms with Crippen molar-refractivity contribution in [2.75, 3.05) is 0 Å². The van der Waals surface area contributed by atoms with Gasteiger partial charge in [0.25, 0.3) is 5.91 Å². The molecule has 0 fully saturated rings. The summed E-state index contributed by atoms with van der Waals surface area (Å²) in [5.74, 6) is -2.75. The maximum atomic E-state index is 11.8. The Morgan fingerprint density at radius 2 is 1.86 bits per heavy atom. The van der Waals surface area contributed by atoms with Gasteiger partial charge in [-0.15, -0.1) is 0 Å². The van der Waals surface area contributed by atoms with Crippen molar-refractivity contribution in [3.63, 3.8) is 0 Å². The lowest BCUT2D eigenvalue weighted by atomic mass is 10.0. The van der Waals surface area contributed by atoms with Gasteiger partial charge in [-0.3, -0.25) is 9.59 Å². The molecule has 0 spiro atoms. The van der Waals surface area contributed by atoms with Crippen LogP contribution in [0.3, 0.4) is 0 Å². The van der Waals surface area contributed by atoms with E-state index in [0.717, 1.165) is 0 Å². The number of carbonyl (C=O) groups excluding carboxylic acids is 1. The Labute approximate surface area is 80.3 Å². The summed E-state index contributed by atoms with van der Waals surface area (Å²) in [7, 11) is 0. The molecular formula is C8H13F2NO3. The minimum atomic E-state index is -3.11. The van der Waals surface area contributed by atoms with Crippen LogP contribution in [0.5, 0.6) is 0 Å². The normalized spacial score (nSPS) is 13.0. The van der Waals surface area contributed by atoms with E-state index in [1.807, 2.05) is 5.32 Å². The number of hydrogen-bond donors (Lipinski definition) is 2. The van der Waals surface area contributed by atoms with Crippen LogP contribution in [0.25, 0.3) is 0 Å². The molecule has 6 heteroatoms. The molecule has 0 aliphatic rings. The van der Waals surface area contributed by atoms with Gasteiger partial charge in [0.1, 0.15) is 0 Å². The summed E-state index contributed by atoms with van der Waals surface area (Å²) in [6, 6.07) is -0.756. The van der Waals surface area contributed by atoms with Gasteiger partial charge in [-0.05, 0) is 5.92 Å². The number of carboxylic acid groups (broad SMARTS) is 1. The van der Waals surface area contributed by atoms with Crippen LogP contribution in [-0.2, 0) is 9.59 Å². The molecule has 0 rings (SSSR count). The van der Waals surface area contributed by atoms with Crippen LogP contribution >= 0.6 is 0 Å². The first-order valence-corrected chi connectivity index (χ1v) is 4.15. The van der Waals surface area contributed by atoms with Crippen LogP contribution in [0.2, 0.25) is 0 Å². The molecule has 0 aliphatic carbocycles. The van der Waals surface area contributed by atoms with E-state index in [-0.39, 0.29) is 12.3 Å². The SMILES string of the molecule is CC(C)C(CC(=O)O)NC(=O)C(F)F. The highest BCUT2D eigenvalue weighted by Crippen LogP contribution is 2.07. The summed E-state index contributed by atoms with van der Waals surface area (Å²) in [6.45, 7) is 3.30. The molecule has 4 nitrogen and oxygen atoms in total. The zero-order chi connectivity index (χ0) is 11.3. The summed E-state index contributed by atoms with van der Waals surface area (Å²) in [5, 5.41) is 10.4. The Hall–Kier alpha value is -1.20. The fraction of sp³-hybridized carbons (Fsp3) is 0.750. The molecule has 2 N–H and O–H groups in total. The van der Waals surface area contributed by atoms with Gasteiger partial charge in [-0.25, -0.2) is 0 Å². The van der Waals surface area contributed by atoms with Crippen molar-refractivity contribution < 1.29 is 23.5 Å². The summed E-state index contributed by atoms with van der Waals surface area (Å²) in [4.78, 5) is 20.9. The van der Waals surface area contributed by atoms with Crippen molar-refractivity contribution in [2.24, 2.45) is 5.92 Å². The number of hydrogen-bond acceptors (Lipinski definition) is 2. The minimum absolute atomic E-state index is 0.200. The van der Waals surface area contributed by atoms with Crippen molar-refractivity contribution in [1.29, 1.82) is 0 Å². The van der Waals surface area contributed by atoms with Gasteiger partial charge in [0.2, 0.25) is 0 Å². The van der Waals surface area contributed by atoms with Crippen LogP contribution in [0.4, 0.5) is 8.78 Å². The van der Waals surface area contributed by atoms with E-state index in [1.165, 1.54) is 0 Å². The standard InChI is InChI=1S/C8H13F2NO3/c1-4(2)5(3-6(12)13)11-8(14)7(9)10/h4-5,7H,3H2,1-2H3,(H,11,14)(H,12,13). The third-order valence-corrected chi connectivity index (χ3v) is 1.73. The highest BCUT2D eigenvalue weighted by atomic mass is 19.3. The molecule has 0 radical (unpaired) electrons. The van der Waals surface area contributed by atoms with Crippen LogP contribution in [-0.4, -0.2) is 29.5 Å². The summed E-state index contributed by atoms with van der Waals surface area (Å²) < 4.78 is 23.7. The maximum Gasteiger partial charge on any atom is 0.315 e. The first-order chi connectivity index (χ1) is 6.34. The van der Waals surface area contributed by atoms with E-state index in [1.54, 1.807) is 13.8 Å². The van der Waals surface area contributed by atoms with Gasteiger partial charge < -0.3 is 10.4 Å². The lowest BCUT2D eigenvalue weighted by Crippen LogP contribution is -2.42. The number of carboxylic acids is 1. The lowest BCUT2D eigenvalue weighted by Gasteiger charge is -2.20. The third-order valence-electron chi connectivity index (χ3n) is 1.73. The molecule has 0 saturated heterocycles. The Kier molecular flexibility index (Phi) is 5.04. The number of aliphatic carboxylic acids is 1. The Balaban J connectivity index is 4.23. The zero-order valence-corrected chi connectivity index (χ0v) is 7.96. The molecule has 1 amide bonds. The third kappa shape index (κ3) is 4.74. The van der Waals surface area contributed by atoms with Crippen LogP contribution in [0.15, 0.2) is 0 Å². The van der Waals surface area contributed by atoms with Crippen LogP contribution in [0, 0.1) is 5.92 Å². The molecule has 0 heterocycles. The minimum Gasteiger partial charge on any atom is -0.481 e. The van der Waals surface area contributed by atoms with Crippen molar-refractivity contribution in [2.45, 2.75) is 32.7 Å². The molecule has 0 bridgehead atoms. The Morgan fingerprint density at radius 3 is 2.14 bits per heavy atom. The van der Waals surface area contributed by atoms with Gasteiger partial charge in [-0.2, -0.15) is 8.78 Å². The number of nitrogens with one attached hydrogen (secondary N) is 1. The molecule has 1 unspecified atom stereocenters. The average Bonchev–Trinajstić information content (AvgIpc) is 2.01. The van der Waals surface area contributed by atoms with Gasteiger partial charge in [0, 0.05) is 6.04 Å². The lowest BCUT2D eigenvalue weighted by molar-refractivity contribution is -0.139. The fourth-order valence-electron chi connectivity index (χ4n) is 0.887. The molecule has 0 aromatic rings. The average molecular weight is 209 g/mol. The van der Waals surface area contributed by atoms with Gasteiger partial charge in [0.05, 0.1) is 6.42 Å². The summed E-state index contributed by atoms with van der Waals surface area (Å²) in [6.07, 6.45) is -3.46. The second kappa shape index (κ2) is 5.51. The Morgan fingerprint density at radius 1 is 1.36 bits per heavy atom. The monoisotopic (exact) mass is 209 g/mol. The largest absolute Gasteiger partial charge is 0.481 e. The molecule has 82 valence electrons. The van der Waals surface area contributed by atoms with Gasteiger partial charge >= 0.3 is 12.4 Å². The predicted octanol–water partition coefficient (Wildman–Crippen LogP) is 0.867. The quantitative estimate of drug-likeness (QED) is 0.705. The highest BCUT2D eigenvalue weighted by molar-refractivity contribution is 5.80. The van der Waals surface area contributed by atoms with E-state index in [9.17, 15) is 18.4 Å². The fourth-order valence-corrected chi connectivity index (χ4v) is 0.887. The number of halogens is 2. The second-order valence-corrected chi connectivity index (χ2v) is 3.26. The number of alkyl halides is 2. The number of carbonyl (C=O) groups is 2. The summed E-state index contributed by atoms with van der Waals surface area (Å²) in [5.41, 5.74) is 0. The van der Waals surface area contributed by atoms with Crippen molar-refractivity contribution in [3.8, 4) is 0 Å². The van der Waals surface area contributed by atoms with E-state index in [2.05, 4.69) is 0 Å². The number of amides is 1. The second-order valence-electron chi connectivity index (χ2n) is 3.26. The molecule has 0 aliphatic heterocycles. The molecular weight excluding hydrogens is 196 g/mol. The molecule has 0 saturated carbocycles. The summed E-state index contributed by atoms with van der Waals surface area (Å²) >= 11 is 0.